The first-order valence-electron chi connectivity index (χ1n) is 5.61. The molecule has 2 rings (SSSR count). The van der Waals surface area contributed by atoms with Gasteiger partial charge in [0.05, 0.1) is 22.9 Å². The number of nitrogens with two attached hydrogens (primary N) is 1. The Morgan fingerprint density at radius 3 is 2.37 bits per heavy atom. The summed E-state index contributed by atoms with van der Waals surface area (Å²) in [6.07, 6.45) is 1.47. The lowest BCUT2D eigenvalue weighted by molar-refractivity contribution is 1.11. The highest BCUT2D eigenvalue weighted by Crippen LogP contribution is 2.17. The van der Waals surface area contributed by atoms with E-state index in [1.54, 1.807) is 18.2 Å². The van der Waals surface area contributed by atoms with Crippen molar-refractivity contribution in [2.45, 2.75) is 6.54 Å². The van der Waals surface area contributed by atoms with Gasteiger partial charge in [0.25, 0.3) is 0 Å². The summed E-state index contributed by atoms with van der Waals surface area (Å²) in [6.45, 7) is 0.550. The fourth-order valence-electron chi connectivity index (χ4n) is 1.57. The van der Waals surface area contributed by atoms with Crippen molar-refractivity contribution >= 4 is 11.5 Å². The number of aromatic nitrogens is 1. The fraction of sp³-hybridized carbons (Fsp3) is 0.0714. The molecule has 1 aromatic carbocycles. The standard InChI is InChI=1S/C14H11N5/c15-6-10-1-3-11(4-2-10)8-18-14-13(17)5-12(7-16)9-19-14/h1-5,9H,8,17H2,(H,18,19). The summed E-state index contributed by atoms with van der Waals surface area (Å²) in [6, 6.07) is 12.9. The van der Waals surface area contributed by atoms with Crippen molar-refractivity contribution in [3.63, 3.8) is 0 Å². The smallest absolute Gasteiger partial charge is 0.149 e. The summed E-state index contributed by atoms with van der Waals surface area (Å²) >= 11 is 0. The van der Waals surface area contributed by atoms with Crippen molar-refractivity contribution in [1.82, 2.24) is 4.98 Å². The molecule has 19 heavy (non-hydrogen) atoms. The van der Waals surface area contributed by atoms with Crippen LogP contribution in [0.5, 0.6) is 0 Å². The largest absolute Gasteiger partial charge is 0.396 e. The Bertz CT molecular complexity index is 662. The molecule has 0 atom stereocenters. The van der Waals surface area contributed by atoms with Gasteiger partial charge in [-0.05, 0) is 23.8 Å². The van der Waals surface area contributed by atoms with Crippen LogP contribution < -0.4 is 11.1 Å². The number of benzene rings is 1. The first-order chi connectivity index (χ1) is 9.22. The number of rotatable bonds is 3. The maximum atomic E-state index is 8.72. The molecule has 0 fully saturated rings. The van der Waals surface area contributed by atoms with Crippen molar-refractivity contribution in [3.05, 3.63) is 53.2 Å². The summed E-state index contributed by atoms with van der Waals surface area (Å²) in [5.74, 6) is 0.545. The molecule has 0 unspecified atom stereocenters. The van der Waals surface area contributed by atoms with Gasteiger partial charge < -0.3 is 11.1 Å². The highest BCUT2D eigenvalue weighted by Gasteiger charge is 2.02. The number of hydrogen-bond donors (Lipinski definition) is 2. The SMILES string of the molecule is N#Cc1ccc(CNc2ncc(C#N)cc2N)cc1. The van der Waals surface area contributed by atoms with Crippen LogP contribution >= 0.6 is 0 Å². The van der Waals surface area contributed by atoms with Gasteiger partial charge in [-0.1, -0.05) is 12.1 Å². The third-order valence-corrected chi connectivity index (χ3v) is 2.59. The van der Waals surface area contributed by atoms with Gasteiger partial charge >= 0.3 is 0 Å². The molecule has 1 heterocycles. The fourth-order valence-corrected chi connectivity index (χ4v) is 1.57. The second kappa shape index (κ2) is 5.52. The average molecular weight is 249 g/mol. The molecule has 5 heteroatoms. The normalized spacial score (nSPS) is 9.37. The first kappa shape index (κ1) is 12.4. The molecule has 0 spiro atoms. The van der Waals surface area contributed by atoms with Crippen LogP contribution in [0.2, 0.25) is 0 Å². The van der Waals surface area contributed by atoms with Crippen LogP contribution in [0.3, 0.4) is 0 Å². The van der Waals surface area contributed by atoms with Crippen LogP contribution in [-0.4, -0.2) is 4.98 Å². The Kier molecular flexibility index (Phi) is 3.61. The van der Waals surface area contributed by atoms with Crippen LogP contribution in [0.15, 0.2) is 36.5 Å². The third-order valence-electron chi connectivity index (χ3n) is 2.59. The summed E-state index contributed by atoms with van der Waals surface area (Å²) in [7, 11) is 0. The molecule has 0 saturated heterocycles. The summed E-state index contributed by atoms with van der Waals surface area (Å²) in [5, 5.41) is 20.5. The predicted molar refractivity (Wildman–Crippen MR) is 71.8 cm³/mol. The minimum atomic E-state index is 0.432. The molecule has 0 aliphatic carbocycles. The van der Waals surface area contributed by atoms with E-state index in [0.717, 1.165) is 5.56 Å². The maximum absolute atomic E-state index is 8.72. The molecule has 0 bridgehead atoms. The van der Waals surface area contributed by atoms with Crippen molar-refractivity contribution in [3.8, 4) is 12.1 Å². The minimum absolute atomic E-state index is 0.432. The van der Waals surface area contributed by atoms with Gasteiger partial charge in [0, 0.05) is 12.7 Å². The zero-order valence-corrected chi connectivity index (χ0v) is 10.1. The minimum Gasteiger partial charge on any atom is -0.396 e. The van der Waals surface area contributed by atoms with Crippen LogP contribution in [0, 0.1) is 22.7 Å². The van der Waals surface area contributed by atoms with Crippen LogP contribution in [0.25, 0.3) is 0 Å². The predicted octanol–water partition coefficient (Wildman–Crippen LogP) is 2.02. The van der Waals surface area contributed by atoms with Gasteiger partial charge in [-0.25, -0.2) is 4.98 Å². The average Bonchev–Trinajstić information content (AvgIpc) is 2.46. The molecule has 0 radical (unpaired) electrons. The number of nitrogens with one attached hydrogen (secondary N) is 1. The lowest BCUT2D eigenvalue weighted by atomic mass is 10.1. The third kappa shape index (κ3) is 2.99. The topological polar surface area (TPSA) is 98.5 Å². The molecule has 92 valence electrons. The van der Waals surface area contributed by atoms with Crippen molar-refractivity contribution < 1.29 is 0 Å². The van der Waals surface area contributed by atoms with E-state index in [4.69, 9.17) is 16.3 Å². The molecule has 0 amide bonds. The molecular weight excluding hydrogens is 238 g/mol. The lowest BCUT2D eigenvalue weighted by Crippen LogP contribution is -2.04. The Labute approximate surface area is 110 Å². The van der Waals surface area contributed by atoms with Gasteiger partial charge in [0.15, 0.2) is 0 Å². The Morgan fingerprint density at radius 2 is 1.79 bits per heavy atom. The molecule has 3 N–H and O–H groups in total. The Hall–Kier alpha value is -3.05. The second-order valence-electron chi connectivity index (χ2n) is 3.94. The number of anilines is 2. The lowest BCUT2D eigenvalue weighted by Gasteiger charge is -2.08. The van der Waals surface area contributed by atoms with Gasteiger partial charge in [0.2, 0.25) is 0 Å². The molecule has 0 saturated carbocycles. The number of hydrogen-bond acceptors (Lipinski definition) is 5. The van der Waals surface area contributed by atoms with Crippen LogP contribution in [0.4, 0.5) is 11.5 Å². The molecule has 0 aliphatic rings. The van der Waals surface area contributed by atoms with Crippen LogP contribution in [0.1, 0.15) is 16.7 Å². The highest BCUT2D eigenvalue weighted by atomic mass is 15.0. The maximum Gasteiger partial charge on any atom is 0.149 e. The highest BCUT2D eigenvalue weighted by molar-refractivity contribution is 5.63. The van der Waals surface area contributed by atoms with Crippen molar-refractivity contribution in [2.75, 3.05) is 11.1 Å². The Balaban J connectivity index is 2.06. The van der Waals surface area contributed by atoms with E-state index < -0.39 is 0 Å². The number of pyridine rings is 1. The molecule has 2 aromatic rings. The number of nitriles is 2. The molecule has 0 aliphatic heterocycles. The van der Waals surface area contributed by atoms with E-state index >= 15 is 0 Å². The van der Waals surface area contributed by atoms with Gasteiger partial charge in [-0.2, -0.15) is 10.5 Å². The molecule has 1 aromatic heterocycles. The van der Waals surface area contributed by atoms with E-state index in [9.17, 15) is 0 Å². The summed E-state index contributed by atoms with van der Waals surface area (Å²) < 4.78 is 0. The van der Waals surface area contributed by atoms with Crippen molar-refractivity contribution in [1.29, 1.82) is 10.5 Å². The summed E-state index contributed by atoms with van der Waals surface area (Å²) in [5.41, 5.74) is 8.30. The monoisotopic (exact) mass is 249 g/mol. The zero-order chi connectivity index (χ0) is 13.7. The van der Waals surface area contributed by atoms with Gasteiger partial charge in [-0.3, -0.25) is 0 Å². The molecular formula is C14H11N5. The van der Waals surface area contributed by atoms with Crippen molar-refractivity contribution in [2.24, 2.45) is 0 Å². The molecule has 5 nitrogen and oxygen atoms in total. The van der Waals surface area contributed by atoms with Gasteiger partial charge in [0.1, 0.15) is 11.9 Å². The second-order valence-corrected chi connectivity index (χ2v) is 3.94. The number of nitrogen functional groups attached to an aromatic ring is 1. The van der Waals surface area contributed by atoms with E-state index in [1.165, 1.54) is 6.20 Å². The van der Waals surface area contributed by atoms with E-state index in [0.29, 0.717) is 29.2 Å². The van der Waals surface area contributed by atoms with E-state index in [2.05, 4.69) is 16.4 Å². The Morgan fingerprint density at radius 1 is 1.11 bits per heavy atom. The first-order valence-corrected chi connectivity index (χ1v) is 5.61. The van der Waals surface area contributed by atoms with E-state index in [-0.39, 0.29) is 0 Å². The van der Waals surface area contributed by atoms with E-state index in [1.807, 2.05) is 18.2 Å². The summed E-state index contributed by atoms with van der Waals surface area (Å²) in [4.78, 5) is 4.09. The van der Waals surface area contributed by atoms with Crippen LogP contribution in [-0.2, 0) is 6.54 Å². The van der Waals surface area contributed by atoms with Gasteiger partial charge in [-0.15, -0.1) is 0 Å². The zero-order valence-electron chi connectivity index (χ0n) is 10.1. The quantitative estimate of drug-likeness (QED) is 0.867. The number of nitrogens with zero attached hydrogens (tertiary/aromatic N) is 3.